The molecule has 9 heteroatoms. The molecule has 9 nitrogen and oxygen atoms in total. The molecular formula is C21H20N4O5. The van der Waals surface area contributed by atoms with Crippen LogP contribution in [0.2, 0.25) is 0 Å². The number of nitrogens with one attached hydrogen (secondary N) is 2. The SMILES string of the molecule is CCOC(=O)c1cc(C(=O)Nc2ccc3nc(C4CCC4)[nH]c3c2)cc([N+](=O)[O-])c1. The number of nitro benzene ring substituents is 1. The summed E-state index contributed by atoms with van der Waals surface area (Å²) in [6, 6.07) is 8.79. The van der Waals surface area contributed by atoms with Gasteiger partial charge in [0, 0.05) is 29.3 Å². The van der Waals surface area contributed by atoms with Crippen molar-refractivity contribution in [1.82, 2.24) is 9.97 Å². The molecule has 1 amide bonds. The maximum atomic E-state index is 12.7. The van der Waals surface area contributed by atoms with Crippen LogP contribution in [0.5, 0.6) is 0 Å². The van der Waals surface area contributed by atoms with E-state index in [-0.39, 0.29) is 23.4 Å². The van der Waals surface area contributed by atoms with Crippen molar-refractivity contribution in [2.45, 2.75) is 32.1 Å². The maximum Gasteiger partial charge on any atom is 0.338 e. The zero-order valence-electron chi connectivity index (χ0n) is 16.3. The maximum absolute atomic E-state index is 12.7. The third-order valence-corrected chi connectivity index (χ3v) is 5.15. The number of esters is 1. The largest absolute Gasteiger partial charge is 0.462 e. The van der Waals surface area contributed by atoms with Gasteiger partial charge in [-0.3, -0.25) is 14.9 Å². The van der Waals surface area contributed by atoms with Gasteiger partial charge in [-0.05, 0) is 44.0 Å². The number of carbonyl (C=O) groups is 2. The fourth-order valence-corrected chi connectivity index (χ4v) is 3.37. The minimum absolute atomic E-state index is 0.00730. The third kappa shape index (κ3) is 3.86. The van der Waals surface area contributed by atoms with Crippen LogP contribution in [-0.4, -0.2) is 33.4 Å². The molecule has 0 saturated heterocycles. The Labute approximate surface area is 171 Å². The van der Waals surface area contributed by atoms with E-state index in [1.54, 1.807) is 25.1 Å². The lowest BCUT2D eigenvalue weighted by molar-refractivity contribution is -0.384. The Balaban J connectivity index is 1.59. The Kier molecular flexibility index (Phi) is 5.18. The number of hydrogen-bond donors (Lipinski definition) is 2. The average Bonchev–Trinajstić information content (AvgIpc) is 3.08. The number of ether oxygens (including phenoxy) is 1. The predicted octanol–water partition coefficient (Wildman–Crippen LogP) is 4.17. The molecule has 1 aliphatic rings. The minimum atomic E-state index is -0.724. The smallest absolute Gasteiger partial charge is 0.338 e. The molecule has 0 aliphatic heterocycles. The molecule has 0 radical (unpaired) electrons. The van der Waals surface area contributed by atoms with E-state index in [0.29, 0.717) is 11.6 Å². The highest BCUT2D eigenvalue weighted by molar-refractivity contribution is 6.06. The van der Waals surface area contributed by atoms with Gasteiger partial charge < -0.3 is 15.0 Å². The highest BCUT2D eigenvalue weighted by Gasteiger charge is 2.23. The van der Waals surface area contributed by atoms with Gasteiger partial charge in [0.1, 0.15) is 5.82 Å². The van der Waals surface area contributed by atoms with Crippen molar-refractivity contribution >= 4 is 34.3 Å². The van der Waals surface area contributed by atoms with Gasteiger partial charge in [-0.25, -0.2) is 9.78 Å². The van der Waals surface area contributed by atoms with Gasteiger partial charge in [0.05, 0.1) is 28.1 Å². The lowest BCUT2D eigenvalue weighted by Crippen LogP contribution is -2.14. The lowest BCUT2D eigenvalue weighted by Gasteiger charge is -2.22. The quantitative estimate of drug-likeness (QED) is 0.358. The normalized spacial score (nSPS) is 13.6. The number of nitrogens with zero attached hydrogens (tertiary/aromatic N) is 2. The number of carbonyl (C=O) groups excluding carboxylic acids is 2. The van der Waals surface area contributed by atoms with Gasteiger partial charge >= 0.3 is 5.97 Å². The van der Waals surface area contributed by atoms with Gasteiger partial charge in [0.25, 0.3) is 11.6 Å². The molecule has 2 N–H and O–H groups in total. The Morgan fingerprint density at radius 3 is 2.67 bits per heavy atom. The first-order valence-corrected chi connectivity index (χ1v) is 9.72. The van der Waals surface area contributed by atoms with E-state index in [0.717, 1.165) is 41.8 Å². The highest BCUT2D eigenvalue weighted by Crippen LogP contribution is 2.35. The number of fused-ring (bicyclic) bond motifs is 1. The van der Waals surface area contributed by atoms with E-state index in [2.05, 4.69) is 15.3 Å². The van der Waals surface area contributed by atoms with Crippen LogP contribution < -0.4 is 5.32 Å². The van der Waals surface area contributed by atoms with Crippen molar-refractivity contribution in [3.05, 3.63) is 63.5 Å². The number of imidazole rings is 1. The number of nitro groups is 1. The standard InChI is InChI=1S/C21H20N4O5/c1-2-30-21(27)14-8-13(9-16(10-14)25(28)29)20(26)22-15-6-7-17-18(11-15)24-19(23-17)12-4-3-5-12/h6-12H,2-5H2,1H3,(H,22,26)(H,23,24). The molecule has 154 valence electrons. The molecule has 1 fully saturated rings. The summed E-state index contributed by atoms with van der Waals surface area (Å²) in [4.78, 5) is 43.2. The number of anilines is 1. The summed E-state index contributed by atoms with van der Waals surface area (Å²) < 4.78 is 4.90. The fraction of sp³-hybridized carbons (Fsp3) is 0.286. The Morgan fingerprint density at radius 1 is 1.23 bits per heavy atom. The Hall–Kier alpha value is -3.75. The molecule has 4 rings (SSSR count). The van der Waals surface area contributed by atoms with Crippen molar-refractivity contribution in [2.24, 2.45) is 0 Å². The number of amides is 1. The van der Waals surface area contributed by atoms with Crippen molar-refractivity contribution < 1.29 is 19.2 Å². The topological polar surface area (TPSA) is 127 Å². The van der Waals surface area contributed by atoms with Crippen molar-refractivity contribution in [2.75, 3.05) is 11.9 Å². The van der Waals surface area contributed by atoms with E-state index in [1.165, 1.54) is 12.5 Å². The molecule has 1 aliphatic carbocycles. The molecule has 1 aromatic heterocycles. The van der Waals surface area contributed by atoms with E-state index in [4.69, 9.17) is 4.74 Å². The molecule has 0 spiro atoms. The van der Waals surface area contributed by atoms with Crippen LogP contribution in [0.4, 0.5) is 11.4 Å². The minimum Gasteiger partial charge on any atom is -0.462 e. The molecule has 0 bridgehead atoms. The molecule has 0 atom stereocenters. The second kappa shape index (κ2) is 7.94. The van der Waals surface area contributed by atoms with E-state index in [1.807, 2.05) is 0 Å². The Morgan fingerprint density at radius 2 is 2.00 bits per heavy atom. The van der Waals surface area contributed by atoms with Crippen LogP contribution in [0.25, 0.3) is 11.0 Å². The number of hydrogen-bond acceptors (Lipinski definition) is 6. The first kappa shape index (κ1) is 19.6. The lowest BCUT2D eigenvalue weighted by atomic mass is 9.85. The molecule has 3 aromatic rings. The number of H-pyrrole nitrogens is 1. The predicted molar refractivity (Wildman–Crippen MR) is 110 cm³/mol. The number of aromatic amines is 1. The third-order valence-electron chi connectivity index (χ3n) is 5.15. The summed E-state index contributed by atoms with van der Waals surface area (Å²) in [6.07, 6.45) is 3.46. The summed E-state index contributed by atoms with van der Waals surface area (Å²) >= 11 is 0. The van der Waals surface area contributed by atoms with Crippen LogP contribution in [-0.2, 0) is 4.74 Å². The van der Waals surface area contributed by atoms with Crippen LogP contribution in [0.1, 0.15) is 58.6 Å². The summed E-state index contributed by atoms with van der Waals surface area (Å²) in [5.74, 6) is 0.124. The van der Waals surface area contributed by atoms with E-state index >= 15 is 0 Å². The highest BCUT2D eigenvalue weighted by atomic mass is 16.6. The van der Waals surface area contributed by atoms with Crippen LogP contribution in [0, 0.1) is 10.1 Å². The monoisotopic (exact) mass is 408 g/mol. The Bertz CT molecular complexity index is 1150. The zero-order valence-corrected chi connectivity index (χ0v) is 16.3. The fourth-order valence-electron chi connectivity index (χ4n) is 3.37. The van der Waals surface area contributed by atoms with Gasteiger partial charge in [-0.2, -0.15) is 0 Å². The second-order valence-corrected chi connectivity index (χ2v) is 7.18. The van der Waals surface area contributed by atoms with Gasteiger partial charge in [-0.1, -0.05) is 6.42 Å². The molecule has 2 aromatic carbocycles. The first-order valence-electron chi connectivity index (χ1n) is 9.72. The molecule has 1 saturated carbocycles. The van der Waals surface area contributed by atoms with Crippen LogP contribution in [0.15, 0.2) is 36.4 Å². The van der Waals surface area contributed by atoms with Gasteiger partial charge in [-0.15, -0.1) is 0 Å². The second-order valence-electron chi connectivity index (χ2n) is 7.18. The molecule has 0 unspecified atom stereocenters. The summed E-state index contributed by atoms with van der Waals surface area (Å²) in [5, 5.41) is 13.9. The van der Waals surface area contributed by atoms with E-state index < -0.39 is 16.8 Å². The number of non-ortho nitro benzene ring substituents is 1. The van der Waals surface area contributed by atoms with Gasteiger partial charge in [0.15, 0.2) is 0 Å². The molecule has 30 heavy (non-hydrogen) atoms. The van der Waals surface area contributed by atoms with Crippen LogP contribution in [0.3, 0.4) is 0 Å². The number of rotatable bonds is 6. The van der Waals surface area contributed by atoms with Gasteiger partial charge in [0.2, 0.25) is 0 Å². The first-order chi connectivity index (χ1) is 14.4. The summed E-state index contributed by atoms with van der Waals surface area (Å²) in [6.45, 7) is 1.75. The zero-order chi connectivity index (χ0) is 21.3. The number of aromatic nitrogens is 2. The van der Waals surface area contributed by atoms with Crippen molar-refractivity contribution in [3.8, 4) is 0 Å². The van der Waals surface area contributed by atoms with Crippen molar-refractivity contribution in [3.63, 3.8) is 0 Å². The van der Waals surface area contributed by atoms with Crippen LogP contribution >= 0.6 is 0 Å². The summed E-state index contributed by atoms with van der Waals surface area (Å²) in [5.41, 5.74) is 1.72. The summed E-state index contributed by atoms with van der Waals surface area (Å²) in [7, 11) is 0. The number of benzene rings is 2. The molecule has 1 heterocycles. The average molecular weight is 408 g/mol. The molecular weight excluding hydrogens is 388 g/mol. The van der Waals surface area contributed by atoms with E-state index in [9.17, 15) is 19.7 Å². The van der Waals surface area contributed by atoms with Crippen molar-refractivity contribution in [1.29, 1.82) is 0 Å².